The summed E-state index contributed by atoms with van der Waals surface area (Å²) < 4.78 is 5.18. The minimum atomic E-state index is -0.512. The van der Waals surface area contributed by atoms with Crippen molar-refractivity contribution in [2.24, 2.45) is 16.3 Å². The number of aliphatic imine (C=N–C) groups is 1. The van der Waals surface area contributed by atoms with Crippen molar-refractivity contribution < 1.29 is 9.53 Å². The summed E-state index contributed by atoms with van der Waals surface area (Å²) in [5.41, 5.74) is 1.68. The van der Waals surface area contributed by atoms with Gasteiger partial charge in [-0.15, -0.1) is 0 Å². The van der Waals surface area contributed by atoms with Crippen LogP contribution in [0, 0.1) is 11.3 Å². The van der Waals surface area contributed by atoms with Crippen molar-refractivity contribution in [3.8, 4) is 0 Å². The number of nitrogens with zero attached hydrogens (tertiary/aromatic N) is 1. The van der Waals surface area contributed by atoms with Crippen molar-refractivity contribution in [1.82, 2.24) is 0 Å². The van der Waals surface area contributed by atoms with E-state index in [4.69, 9.17) is 4.74 Å². The largest absolute Gasteiger partial charge is 0.447 e. The molecule has 0 bridgehead atoms. The average molecular weight is 261 g/mol. The maximum Gasteiger partial charge on any atom is 0.433 e. The highest BCUT2D eigenvalue weighted by Gasteiger charge is 2.15. The van der Waals surface area contributed by atoms with Crippen molar-refractivity contribution in [3.63, 3.8) is 0 Å². The first kappa shape index (κ1) is 15.4. The molecule has 3 heteroatoms. The molecule has 1 aromatic rings. The Kier molecular flexibility index (Phi) is 5.28. The average Bonchev–Trinajstić information content (AvgIpc) is 2.33. The first-order valence-electron chi connectivity index (χ1n) is 6.60. The second-order valence-corrected chi connectivity index (χ2v) is 6.13. The van der Waals surface area contributed by atoms with Crippen molar-refractivity contribution >= 4 is 11.8 Å². The quantitative estimate of drug-likeness (QED) is 0.760. The molecule has 0 saturated heterocycles. The fourth-order valence-electron chi connectivity index (χ4n) is 1.54. The van der Waals surface area contributed by atoms with E-state index in [0.717, 1.165) is 11.3 Å². The van der Waals surface area contributed by atoms with E-state index in [1.54, 1.807) is 0 Å². The molecular weight excluding hydrogens is 238 g/mol. The summed E-state index contributed by atoms with van der Waals surface area (Å²) >= 11 is 0. The molecule has 0 N–H and O–H groups in total. The van der Waals surface area contributed by atoms with E-state index in [2.05, 4.69) is 4.99 Å². The minimum absolute atomic E-state index is 0.0457. The van der Waals surface area contributed by atoms with Gasteiger partial charge in [0.15, 0.2) is 0 Å². The molecule has 0 unspecified atom stereocenters. The monoisotopic (exact) mass is 261 g/mol. The number of ether oxygens (including phenoxy) is 1. The standard InChI is InChI=1S/C16H23NO2/c1-12(2)14(13-9-7-6-8-10-13)17-15(18)19-11-16(3,4)5/h6-10,12H,11H2,1-5H3/b17-14-. The van der Waals surface area contributed by atoms with E-state index in [0.29, 0.717) is 6.61 Å². The van der Waals surface area contributed by atoms with Gasteiger partial charge < -0.3 is 4.74 Å². The number of carbonyl (C=O) groups is 1. The molecule has 0 aliphatic heterocycles. The van der Waals surface area contributed by atoms with Crippen LogP contribution in [-0.2, 0) is 4.74 Å². The van der Waals surface area contributed by atoms with Crippen LogP contribution in [0.5, 0.6) is 0 Å². The molecule has 104 valence electrons. The SMILES string of the molecule is CC(C)/C(=N/C(=O)OCC(C)(C)C)c1ccccc1. The second-order valence-electron chi connectivity index (χ2n) is 6.13. The van der Waals surface area contributed by atoms with E-state index in [-0.39, 0.29) is 11.3 Å². The van der Waals surface area contributed by atoms with Crippen LogP contribution in [0.25, 0.3) is 0 Å². The summed E-state index contributed by atoms with van der Waals surface area (Å²) in [4.78, 5) is 15.9. The lowest BCUT2D eigenvalue weighted by molar-refractivity contribution is 0.115. The Hall–Kier alpha value is -1.64. The van der Waals surface area contributed by atoms with Crippen LogP contribution in [0.4, 0.5) is 4.79 Å². The molecule has 0 aliphatic carbocycles. The van der Waals surface area contributed by atoms with E-state index < -0.39 is 6.09 Å². The van der Waals surface area contributed by atoms with Crippen LogP contribution in [0.3, 0.4) is 0 Å². The zero-order valence-electron chi connectivity index (χ0n) is 12.4. The van der Waals surface area contributed by atoms with Gasteiger partial charge in [-0.2, -0.15) is 4.99 Å². The number of rotatable bonds is 3. The van der Waals surface area contributed by atoms with Gasteiger partial charge in [-0.05, 0) is 16.9 Å². The van der Waals surface area contributed by atoms with Gasteiger partial charge in [0, 0.05) is 0 Å². The van der Waals surface area contributed by atoms with Gasteiger partial charge >= 0.3 is 6.09 Å². The van der Waals surface area contributed by atoms with Gasteiger partial charge in [-0.1, -0.05) is 65.0 Å². The minimum Gasteiger partial charge on any atom is -0.447 e. The molecule has 0 radical (unpaired) electrons. The summed E-state index contributed by atoms with van der Waals surface area (Å²) in [6.07, 6.45) is -0.512. The Balaban J connectivity index is 2.83. The molecule has 1 aromatic carbocycles. The van der Waals surface area contributed by atoms with Crippen molar-refractivity contribution in [2.75, 3.05) is 6.61 Å². The number of hydrogen-bond donors (Lipinski definition) is 0. The topological polar surface area (TPSA) is 38.7 Å². The lowest BCUT2D eigenvalue weighted by Crippen LogP contribution is -2.18. The second kappa shape index (κ2) is 6.50. The Labute approximate surface area is 115 Å². The van der Waals surface area contributed by atoms with Gasteiger partial charge in [0.05, 0.1) is 12.3 Å². The van der Waals surface area contributed by atoms with Gasteiger partial charge in [0.2, 0.25) is 0 Å². The van der Waals surface area contributed by atoms with Gasteiger partial charge in [-0.3, -0.25) is 0 Å². The number of carbonyl (C=O) groups excluding carboxylic acids is 1. The highest BCUT2D eigenvalue weighted by Crippen LogP contribution is 2.14. The Morgan fingerprint density at radius 2 is 1.79 bits per heavy atom. The van der Waals surface area contributed by atoms with E-state index >= 15 is 0 Å². The zero-order chi connectivity index (χ0) is 14.5. The van der Waals surface area contributed by atoms with Gasteiger partial charge in [0.25, 0.3) is 0 Å². The van der Waals surface area contributed by atoms with Gasteiger partial charge in [0.1, 0.15) is 0 Å². The maximum absolute atomic E-state index is 11.8. The number of amides is 1. The summed E-state index contributed by atoms with van der Waals surface area (Å²) in [5.74, 6) is 0.171. The van der Waals surface area contributed by atoms with Crippen LogP contribution in [0.2, 0.25) is 0 Å². The van der Waals surface area contributed by atoms with Crippen LogP contribution >= 0.6 is 0 Å². The van der Waals surface area contributed by atoms with Crippen LogP contribution < -0.4 is 0 Å². The van der Waals surface area contributed by atoms with Crippen molar-refractivity contribution in [2.45, 2.75) is 34.6 Å². The Morgan fingerprint density at radius 3 is 2.26 bits per heavy atom. The van der Waals surface area contributed by atoms with Crippen LogP contribution in [-0.4, -0.2) is 18.4 Å². The molecule has 0 spiro atoms. The van der Waals surface area contributed by atoms with E-state index in [1.807, 2.05) is 65.0 Å². The predicted molar refractivity (Wildman–Crippen MR) is 78.6 cm³/mol. The molecule has 3 nitrogen and oxygen atoms in total. The molecule has 0 fully saturated rings. The summed E-state index contributed by atoms with van der Waals surface area (Å²) in [6.45, 7) is 10.5. The number of benzene rings is 1. The fraction of sp³-hybridized carbons (Fsp3) is 0.500. The van der Waals surface area contributed by atoms with Crippen molar-refractivity contribution in [3.05, 3.63) is 35.9 Å². The van der Waals surface area contributed by atoms with Crippen LogP contribution in [0.1, 0.15) is 40.2 Å². The first-order valence-corrected chi connectivity index (χ1v) is 6.60. The molecule has 0 saturated carbocycles. The summed E-state index contributed by atoms with van der Waals surface area (Å²) in [6, 6.07) is 9.73. The zero-order valence-corrected chi connectivity index (χ0v) is 12.4. The molecule has 1 rings (SSSR count). The first-order chi connectivity index (χ1) is 8.79. The smallest absolute Gasteiger partial charge is 0.433 e. The Bertz CT molecular complexity index is 442. The Morgan fingerprint density at radius 1 is 1.21 bits per heavy atom. The lowest BCUT2D eigenvalue weighted by Gasteiger charge is -2.17. The van der Waals surface area contributed by atoms with Crippen LogP contribution in [0.15, 0.2) is 35.3 Å². The molecule has 0 aliphatic rings. The molecule has 0 aromatic heterocycles. The third-order valence-electron chi connectivity index (χ3n) is 2.46. The highest BCUT2D eigenvalue weighted by molar-refractivity contribution is 6.06. The van der Waals surface area contributed by atoms with Gasteiger partial charge in [-0.25, -0.2) is 4.79 Å². The van der Waals surface area contributed by atoms with Crippen molar-refractivity contribution in [1.29, 1.82) is 0 Å². The normalized spacial score (nSPS) is 12.6. The maximum atomic E-state index is 11.8. The molecular formula is C16H23NO2. The molecule has 0 atom stereocenters. The molecule has 19 heavy (non-hydrogen) atoms. The summed E-state index contributed by atoms with van der Waals surface area (Å²) in [5, 5.41) is 0. The van der Waals surface area contributed by atoms with E-state index in [1.165, 1.54) is 0 Å². The highest BCUT2D eigenvalue weighted by atomic mass is 16.5. The molecule has 0 heterocycles. The fourth-order valence-corrected chi connectivity index (χ4v) is 1.54. The number of hydrogen-bond acceptors (Lipinski definition) is 2. The third-order valence-corrected chi connectivity index (χ3v) is 2.46. The predicted octanol–water partition coefficient (Wildman–Crippen LogP) is 4.31. The third kappa shape index (κ3) is 5.69. The van der Waals surface area contributed by atoms with E-state index in [9.17, 15) is 4.79 Å². The lowest BCUT2D eigenvalue weighted by atomic mass is 9.99. The molecule has 1 amide bonds. The summed E-state index contributed by atoms with van der Waals surface area (Å²) in [7, 11) is 0.